The van der Waals surface area contributed by atoms with Gasteiger partial charge in [0.15, 0.2) is 17.3 Å². The molecule has 3 aromatic rings. The monoisotopic (exact) mass is 334 g/mol. The Morgan fingerprint density at radius 1 is 1.21 bits per heavy atom. The van der Waals surface area contributed by atoms with Crippen LogP contribution in [0.15, 0.2) is 24.4 Å². The van der Waals surface area contributed by atoms with Crippen molar-refractivity contribution in [3.8, 4) is 0 Å². The van der Waals surface area contributed by atoms with Crippen LogP contribution in [0, 0.1) is 11.6 Å². The van der Waals surface area contributed by atoms with Crippen molar-refractivity contribution in [3.63, 3.8) is 0 Å². The van der Waals surface area contributed by atoms with Crippen LogP contribution >= 0.6 is 0 Å². The molecule has 7 nitrogen and oxygen atoms in total. The molecule has 0 saturated carbocycles. The number of anilines is 3. The molecule has 0 fully saturated rings. The third-order valence-electron chi connectivity index (χ3n) is 3.40. The van der Waals surface area contributed by atoms with Crippen molar-refractivity contribution in [2.75, 3.05) is 23.8 Å². The molecule has 2 heterocycles. The van der Waals surface area contributed by atoms with Crippen molar-refractivity contribution in [2.24, 2.45) is 7.05 Å². The first-order valence-electron chi connectivity index (χ1n) is 7.35. The topological polar surface area (TPSA) is 87.9 Å². The molecule has 3 rings (SSSR count). The highest BCUT2D eigenvalue weighted by molar-refractivity contribution is 5.87. The van der Waals surface area contributed by atoms with E-state index in [9.17, 15) is 8.78 Å². The second kappa shape index (κ2) is 6.75. The summed E-state index contributed by atoms with van der Waals surface area (Å²) in [6.45, 7) is 0.594. The molecule has 0 aliphatic rings. The number of nitrogens with zero attached hydrogens (tertiary/aromatic N) is 4. The molecule has 0 aliphatic heterocycles. The van der Waals surface area contributed by atoms with Gasteiger partial charge in [-0.25, -0.2) is 8.78 Å². The molecule has 1 aromatic carbocycles. The predicted molar refractivity (Wildman–Crippen MR) is 86.1 cm³/mol. The number of aliphatic hydroxyl groups excluding tert-OH is 1. The Balaban J connectivity index is 1.94. The van der Waals surface area contributed by atoms with Crippen LogP contribution in [0.4, 0.5) is 26.2 Å². The fraction of sp³-hybridized carbons (Fsp3) is 0.267. The van der Waals surface area contributed by atoms with Crippen LogP contribution in [0.1, 0.15) is 6.42 Å². The van der Waals surface area contributed by atoms with E-state index < -0.39 is 11.6 Å². The van der Waals surface area contributed by atoms with E-state index in [2.05, 4.69) is 25.7 Å². The molecule has 126 valence electrons. The number of aliphatic hydroxyl groups is 1. The number of hydrogen-bond acceptors (Lipinski definition) is 6. The van der Waals surface area contributed by atoms with Crippen molar-refractivity contribution in [1.82, 2.24) is 19.7 Å². The maximum atomic E-state index is 13.3. The van der Waals surface area contributed by atoms with E-state index >= 15 is 0 Å². The molecule has 24 heavy (non-hydrogen) atoms. The number of rotatable bonds is 6. The molecule has 0 amide bonds. The van der Waals surface area contributed by atoms with Gasteiger partial charge in [0, 0.05) is 32.0 Å². The predicted octanol–water partition coefficient (Wildman–Crippen LogP) is 2.18. The van der Waals surface area contributed by atoms with Crippen molar-refractivity contribution in [1.29, 1.82) is 0 Å². The lowest BCUT2D eigenvalue weighted by molar-refractivity contribution is 0.292. The highest BCUT2D eigenvalue weighted by Crippen LogP contribution is 2.23. The molecule has 2 aromatic heterocycles. The molecule has 0 aliphatic carbocycles. The number of nitrogens with one attached hydrogen (secondary N) is 2. The molecule has 9 heteroatoms. The van der Waals surface area contributed by atoms with E-state index in [4.69, 9.17) is 5.11 Å². The normalized spacial score (nSPS) is 11.0. The van der Waals surface area contributed by atoms with E-state index in [0.29, 0.717) is 30.1 Å². The maximum absolute atomic E-state index is 13.3. The lowest BCUT2D eigenvalue weighted by Crippen LogP contribution is -2.08. The van der Waals surface area contributed by atoms with Gasteiger partial charge < -0.3 is 15.7 Å². The second-order valence-electron chi connectivity index (χ2n) is 5.16. The molecule has 3 N–H and O–H groups in total. The zero-order valence-corrected chi connectivity index (χ0v) is 12.9. The molecule has 0 atom stereocenters. The number of benzene rings is 1. The average Bonchev–Trinajstić information content (AvgIpc) is 2.93. The lowest BCUT2D eigenvalue weighted by atomic mass is 10.3. The summed E-state index contributed by atoms with van der Waals surface area (Å²) in [4.78, 5) is 8.69. The van der Waals surface area contributed by atoms with Gasteiger partial charge in [-0.3, -0.25) is 4.68 Å². The quantitative estimate of drug-likeness (QED) is 0.599. The standard InChI is InChI=1S/C15H16F2N6O/c1-23-14-10(8-19-23)13(18-5-2-6-24)21-15(22-14)20-9-3-4-11(16)12(17)7-9/h3-4,7-8,24H,2,5-6H2,1H3,(H2,18,20,21,22). The second-order valence-corrected chi connectivity index (χ2v) is 5.16. The van der Waals surface area contributed by atoms with E-state index in [0.717, 1.165) is 17.5 Å². The van der Waals surface area contributed by atoms with Gasteiger partial charge in [-0.15, -0.1) is 0 Å². The molecule has 0 saturated heterocycles. The Morgan fingerprint density at radius 2 is 2.04 bits per heavy atom. The lowest BCUT2D eigenvalue weighted by Gasteiger charge is -2.10. The molecular formula is C15H16F2N6O. The van der Waals surface area contributed by atoms with Gasteiger partial charge in [-0.05, 0) is 18.6 Å². The van der Waals surface area contributed by atoms with Gasteiger partial charge in [0.25, 0.3) is 0 Å². The van der Waals surface area contributed by atoms with Crippen LogP contribution in [-0.4, -0.2) is 38.0 Å². The van der Waals surface area contributed by atoms with Crippen LogP contribution < -0.4 is 10.6 Å². The number of aryl methyl sites for hydroxylation is 1. The fourth-order valence-electron chi connectivity index (χ4n) is 2.20. The third kappa shape index (κ3) is 3.25. The zero-order valence-electron chi connectivity index (χ0n) is 12.9. The minimum Gasteiger partial charge on any atom is -0.396 e. The maximum Gasteiger partial charge on any atom is 0.231 e. The summed E-state index contributed by atoms with van der Waals surface area (Å²) >= 11 is 0. The van der Waals surface area contributed by atoms with Crippen LogP contribution in [0.25, 0.3) is 11.0 Å². The Labute approximate surface area is 136 Å². The SMILES string of the molecule is Cn1ncc2c(NCCCO)nc(Nc3ccc(F)c(F)c3)nc21. The summed E-state index contributed by atoms with van der Waals surface area (Å²) in [6, 6.07) is 3.46. The number of hydrogen-bond donors (Lipinski definition) is 3. The van der Waals surface area contributed by atoms with Gasteiger partial charge in [0.2, 0.25) is 5.95 Å². The largest absolute Gasteiger partial charge is 0.396 e. The van der Waals surface area contributed by atoms with Crippen molar-refractivity contribution >= 4 is 28.5 Å². The summed E-state index contributed by atoms with van der Waals surface area (Å²) in [7, 11) is 1.74. The molecule has 0 bridgehead atoms. The first-order valence-corrected chi connectivity index (χ1v) is 7.35. The average molecular weight is 334 g/mol. The highest BCUT2D eigenvalue weighted by atomic mass is 19.2. The molecular weight excluding hydrogens is 318 g/mol. The highest BCUT2D eigenvalue weighted by Gasteiger charge is 2.12. The van der Waals surface area contributed by atoms with E-state index in [1.807, 2.05) is 0 Å². The zero-order chi connectivity index (χ0) is 17.1. The van der Waals surface area contributed by atoms with Gasteiger partial charge in [-0.1, -0.05) is 0 Å². The van der Waals surface area contributed by atoms with Gasteiger partial charge in [0.05, 0.1) is 11.6 Å². The molecule has 0 spiro atoms. The Hall–Kier alpha value is -2.81. The smallest absolute Gasteiger partial charge is 0.231 e. The number of fused-ring (bicyclic) bond motifs is 1. The van der Waals surface area contributed by atoms with Crippen LogP contribution in [0.5, 0.6) is 0 Å². The Bertz CT molecular complexity index is 867. The fourth-order valence-corrected chi connectivity index (χ4v) is 2.20. The minimum atomic E-state index is -0.956. The molecule has 0 unspecified atom stereocenters. The summed E-state index contributed by atoms with van der Waals surface area (Å²) in [5.41, 5.74) is 0.915. The summed E-state index contributed by atoms with van der Waals surface area (Å²) < 4.78 is 27.9. The summed E-state index contributed by atoms with van der Waals surface area (Å²) in [6.07, 6.45) is 2.20. The van der Waals surface area contributed by atoms with Crippen LogP contribution in [-0.2, 0) is 7.05 Å². The Kier molecular flexibility index (Phi) is 4.52. The van der Waals surface area contributed by atoms with E-state index in [-0.39, 0.29) is 12.6 Å². The van der Waals surface area contributed by atoms with Gasteiger partial charge in [0.1, 0.15) is 5.82 Å². The van der Waals surface area contributed by atoms with E-state index in [1.165, 1.54) is 6.07 Å². The summed E-state index contributed by atoms with van der Waals surface area (Å²) in [5.74, 6) is -1.10. The van der Waals surface area contributed by atoms with E-state index in [1.54, 1.807) is 17.9 Å². The number of halogens is 2. The first kappa shape index (κ1) is 16.1. The van der Waals surface area contributed by atoms with Crippen molar-refractivity contribution in [3.05, 3.63) is 36.0 Å². The van der Waals surface area contributed by atoms with Crippen LogP contribution in [0.2, 0.25) is 0 Å². The van der Waals surface area contributed by atoms with Gasteiger partial charge in [-0.2, -0.15) is 15.1 Å². The summed E-state index contributed by atoms with van der Waals surface area (Å²) in [5, 5.41) is 19.7. The Morgan fingerprint density at radius 3 is 2.79 bits per heavy atom. The van der Waals surface area contributed by atoms with Gasteiger partial charge >= 0.3 is 0 Å². The first-order chi connectivity index (χ1) is 11.6. The van der Waals surface area contributed by atoms with Crippen LogP contribution in [0.3, 0.4) is 0 Å². The van der Waals surface area contributed by atoms with Crippen molar-refractivity contribution in [2.45, 2.75) is 6.42 Å². The number of aromatic nitrogens is 4. The third-order valence-corrected chi connectivity index (χ3v) is 3.40. The molecule has 0 radical (unpaired) electrons. The van der Waals surface area contributed by atoms with Crippen molar-refractivity contribution < 1.29 is 13.9 Å². The minimum absolute atomic E-state index is 0.0637.